The lowest BCUT2D eigenvalue weighted by atomic mass is 10.1. The Bertz CT molecular complexity index is 716. The minimum Gasteiger partial charge on any atom is -0.301 e. The highest BCUT2D eigenvalue weighted by Gasteiger charge is 2.21. The highest BCUT2D eigenvalue weighted by Crippen LogP contribution is 2.19. The molecule has 0 saturated heterocycles. The lowest BCUT2D eigenvalue weighted by Crippen LogP contribution is -2.35. The number of hydrogen-bond donors (Lipinski definition) is 1. The summed E-state index contributed by atoms with van der Waals surface area (Å²) in [5.74, 6) is -0.201. The van der Waals surface area contributed by atoms with Gasteiger partial charge < -0.3 is 4.98 Å². The molecule has 0 radical (unpaired) electrons. The number of thioether (sulfide) groups is 1. The molecule has 1 aliphatic heterocycles. The van der Waals surface area contributed by atoms with Crippen molar-refractivity contribution in [3.05, 3.63) is 57.3 Å². The zero-order valence-electron chi connectivity index (χ0n) is 11.7. The average molecular weight is 305 g/mol. The van der Waals surface area contributed by atoms with Crippen molar-refractivity contribution in [3.8, 4) is 0 Å². The van der Waals surface area contributed by atoms with Gasteiger partial charge in [0.2, 0.25) is 0 Å². The van der Waals surface area contributed by atoms with Crippen molar-refractivity contribution in [3.63, 3.8) is 0 Å². The molecule has 0 fully saturated rings. The molecular formula is C15H16FN3OS. The molecule has 0 bridgehead atoms. The predicted molar refractivity (Wildman–Crippen MR) is 80.9 cm³/mol. The summed E-state index contributed by atoms with van der Waals surface area (Å²) in [7, 11) is 0. The molecule has 0 unspecified atom stereocenters. The third-order valence-electron chi connectivity index (χ3n) is 3.67. The Kier molecular flexibility index (Phi) is 4.07. The largest absolute Gasteiger partial charge is 0.301 e. The quantitative estimate of drug-likeness (QED) is 0.697. The number of rotatable bonds is 3. The van der Waals surface area contributed by atoms with Crippen LogP contribution in [0.4, 0.5) is 4.39 Å². The van der Waals surface area contributed by atoms with E-state index in [-0.39, 0.29) is 11.4 Å². The third kappa shape index (κ3) is 3.01. The summed E-state index contributed by atoms with van der Waals surface area (Å²) in [5.41, 5.74) is 2.15. The lowest BCUT2D eigenvalue weighted by molar-refractivity contribution is 0.237. The maximum atomic E-state index is 13.7. The maximum absolute atomic E-state index is 13.7. The Labute approximate surface area is 126 Å². The molecule has 4 nitrogen and oxygen atoms in total. The third-order valence-corrected chi connectivity index (χ3v) is 4.25. The van der Waals surface area contributed by atoms with Gasteiger partial charge >= 0.3 is 0 Å². The van der Waals surface area contributed by atoms with Crippen LogP contribution in [0, 0.1) is 5.82 Å². The van der Waals surface area contributed by atoms with E-state index < -0.39 is 0 Å². The topological polar surface area (TPSA) is 49.0 Å². The van der Waals surface area contributed by atoms with E-state index in [2.05, 4.69) is 14.9 Å². The first-order valence-electron chi connectivity index (χ1n) is 6.79. The summed E-state index contributed by atoms with van der Waals surface area (Å²) >= 11 is 1.43. The molecule has 1 aliphatic rings. The first-order valence-corrected chi connectivity index (χ1v) is 8.01. The van der Waals surface area contributed by atoms with Crippen LogP contribution in [-0.4, -0.2) is 27.7 Å². The van der Waals surface area contributed by atoms with Crippen LogP contribution in [-0.2, 0) is 19.5 Å². The lowest BCUT2D eigenvalue weighted by Gasteiger charge is -2.27. The van der Waals surface area contributed by atoms with E-state index in [4.69, 9.17) is 0 Å². The monoisotopic (exact) mass is 305 g/mol. The summed E-state index contributed by atoms with van der Waals surface area (Å²) in [5, 5.41) is 0.654. The van der Waals surface area contributed by atoms with Crippen LogP contribution in [0.25, 0.3) is 0 Å². The molecule has 1 N–H and O–H groups in total. The Morgan fingerprint density at radius 1 is 1.43 bits per heavy atom. The van der Waals surface area contributed by atoms with Crippen LogP contribution in [0.5, 0.6) is 0 Å². The molecule has 6 heteroatoms. The number of H-pyrrole nitrogens is 1. The molecule has 110 valence electrons. The van der Waals surface area contributed by atoms with Crippen LogP contribution >= 0.6 is 11.8 Å². The molecule has 21 heavy (non-hydrogen) atoms. The molecule has 2 heterocycles. The van der Waals surface area contributed by atoms with Gasteiger partial charge in [-0.15, -0.1) is 0 Å². The van der Waals surface area contributed by atoms with E-state index in [0.717, 1.165) is 18.7 Å². The van der Waals surface area contributed by atoms with Crippen LogP contribution < -0.4 is 5.56 Å². The number of nitrogens with one attached hydrogen (secondary N) is 1. The van der Waals surface area contributed by atoms with E-state index in [0.29, 0.717) is 29.4 Å². The van der Waals surface area contributed by atoms with Crippen molar-refractivity contribution in [1.29, 1.82) is 0 Å². The fraction of sp³-hybridized carbons (Fsp3) is 0.333. The summed E-state index contributed by atoms with van der Waals surface area (Å²) < 4.78 is 13.7. The predicted octanol–water partition coefficient (Wildman–Crippen LogP) is 2.19. The van der Waals surface area contributed by atoms with Crippen LogP contribution in [0.15, 0.2) is 34.2 Å². The molecule has 2 aromatic rings. The molecule has 0 aliphatic carbocycles. The first kappa shape index (κ1) is 14.3. The highest BCUT2D eigenvalue weighted by molar-refractivity contribution is 7.98. The summed E-state index contributed by atoms with van der Waals surface area (Å²) in [6.07, 6.45) is 2.61. The second-order valence-electron chi connectivity index (χ2n) is 5.05. The Morgan fingerprint density at radius 2 is 2.24 bits per heavy atom. The Hall–Kier alpha value is -1.66. The number of hydrogen-bond acceptors (Lipinski definition) is 4. The summed E-state index contributed by atoms with van der Waals surface area (Å²) in [4.78, 5) is 21.4. The Balaban J connectivity index is 1.82. The number of aromatic amines is 1. The van der Waals surface area contributed by atoms with Gasteiger partial charge in [0, 0.05) is 31.6 Å². The van der Waals surface area contributed by atoms with Gasteiger partial charge in [-0.1, -0.05) is 30.0 Å². The van der Waals surface area contributed by atoms with Crippen molar-refractivity contribution in [2.24, 2.45) is 0 Å². The molecule has 1 aromatic heterocycles. The number of aromatic nitrogens is 2. The van der Waals surface area contributed by atoms with Crippen molar-refractivity contribution in [1.82, 2.24) is 14.9 Å². The average Bonchev–Trinajstić information content (AvgIpc) is 2.50. The highest BCUT2D eigenvalue weighted by atomic mass is 32.2. The SMILES string of the molecule is CSc1nc2c(c(=O)[nH]1)CN(Cc1ccccc1F)CC2. The van der Waals surface area contributed by atoms with Gasteiger partial charge in [-0.3, -0.25) is 9.69 Å². The zero-order chi connectivity index (χ0) is 14.8. The van der Waals surface area contributed by atoms with Crippen LogP contribution in [0.1, 0.15) is 16.8 Å². The minimum atomic E-state index is -0.201. The van der Waals surface area contributed by atoms with Gasteiger partial charge in [0.25, 0.3) is 5.56 Å². The van der Waals surface area contributed by atoms with Crippen molar-refractivity contribution >= 4 is 11.8 Å². The maximum Gasteiger partial charge on any atom is 0.256 e. The van der Waals surface area contributed by atoms with Crippen molar-refractivity contribution in [2.45, 2.75) is 24.7 Å². The molecule has 0 saturated carbocycles. The van der Waals surface area contributed by atoms with Crippen molar-refractivity contribution < 1.29 is 4.39 Å². The normalized spacial score (nSPS) is 15.0. The minimum absolute atomic E-state index is 0.0809. The van der Waals surface area contributed by atoms with Gasteiger partial charge in [0.05, 0.1) is 11.3 Å². The molecule has 0 amide bonds. The number of nitrogens with zero attached hydrogens (tertiary/aromatic N) is 2. The molecule has 0 spiro atoms. The van der Waals surface area contributed by atoms with E-state index in [1.54, 1.807) is 12.1 Å². The van der Waals surface area contributed by atoms with Gasteiger partial charge in [-0.2, -0.15) is 0 Å². The van der Waals surface area contributed by atoms with Crippen LogP contribution in [0.3, 0.4) is 0 Å². The summed E-state index contributed by atoms with van der Waals surface area (Å²) in [6, 6.07) is 6.76. The van der Waals surface area contributed by atoms with Gasteiger partial charge in [0.1, 0.15) is 5.82 Å². The number of benzene rings is 1. The van der Waals surface area contributed by atoms with Gasteiger partial charge in [-0.25, -0.2) is 9.37 Å². The van der Waals surface area contributed by atoms with E-state index in [1.165, 1.54) is 17.8 Å². The number of halogens is 1. The van der Waals surface area contributed by atoms with Gasteiger partial charge in [-0.05, 0) is 12.3 Å². The Morgan fingerprint density at radius 3 is 3.00 bits per heavy atom. The summed E-state index contributed by atoms with van der Waals surface area (Å²) in [6.45, 7) is 1.81. The first-order chi connectivity index (χ1) is 10.2. The number of fused-ring (bicyclic) bond motifs is 1. The molecule has 3 rings (SSSR count). The van der Waals surface area contributed by atoms with Gasteiger partial charge in [0.15, 0.2) is 5.16 Å². The van der Waals surface area contributed by atoms with E-state index in [9.17, 15) is 9.18 Å². The second-order valence-corrected chi connectivity index (χ2v) is 5.85. The second kappa shape index (κ2) is 5.99. The standard InChI is InChI=1S/C15H16FN3OS/c1-21-15-17-13-6-7-19(9-11(13)14(20)18-15)8-10-4-2-3-5-12(10)16/h2-5H,6-9H2,1H3,(H,17,18,20). The fourth-order valence-corrected chi connectivity index (χ4v) is 2.95. The van der Waals surface area contributed by atoms with Crippen molar-refractivity contribution in [2.75, 3.05) is 12.8 Å². The van der Waals surface area contributed by atoms with E-state index in [1.807, 2.05) is 12.3 Å². The molecule has 0 atom stereocenters. The molecule has 1 aromatic carbocycles. The van der Waals surface area contributed by atoms with Crippen LogP contribution in [0.2, 0.25) is 0 Å². The zero-order valence-corrected chi connectivity index (χ0v) is 12.5. The smallest absolute Gasteiger partial charge is 0.256 e. The fourth-order valence-electron chi connectivity index (χ4n) is 2.56. The van der Waals surface area contributed by atoms with E-state index >= 15 is 0 Å². The molecular weight excluding hydrogens is 289 g/mol.